The molecule has 3 aliphatic rings. The van der Waals surface area contributed by atoms with Crippen LogP contribution in [0.15, 0.2) is 36.0 Å². The van der Waals surface area contributed by atoms with Gasteiger partial charge in [-0.25, -0.2) is 4.79 Å². The smallest absolute Gasteiger partial charge is 0.410 e. The normalized spacial score (nSPS) is 22.5. The number of amides is 5. The van der Waals surface area contributed by atoms with Crippen LogP contribution in [-0.2, 0) is 52.5 Å². The van der Waals surface area contributed by atoms with Crippen molar-refractivity contribution in [2.24, 2.45) is 29.6 Å². The van der Waals surface area contributed by atoms with Crippen molar-refractivity contribution in [1.29, 1.82) is 0 Å². The molecule has 0 radical (unpaired) electrons. The summed E-state index contributed by atoms with van der Waals surface area (Å²) in [5.41, 5.74) is 0.863. The summed E-state index contributed by atoms with van der Waals surface area (Å²) >= 11 is 0. The molecule has 1 aliphatic heterocycles. The highest BCUT2D eigenvalue weighted by Crippen LogP contribution is 2.31. The maximum atomic E-state index is 14.7. The summed E-state index contributed by atoms with van der Waals surface area (Å²) in [6.45, 7) is 15.7. The van der Waals surface area contributed by atoms with E-state index in [2.05, 4.69) is 16.0 Å². The molecule has 1 fully saturated rings. The molecule has 19 heteroatoms. The van der Waals surface area contributed by atoms with Crippen molar-refractivity contribution < 1.29 is 62.4 Å². The molecule has 0 aromatic rings. The number of methoxy groups -OCH3 is 4. The molecular weight excluding hydrogens is 953 g/mol. The standard InChI is InChI=1S/C55H92N6O13/c1-15-35(6)48(43(70-11)31-44(62)61-29-21-26-42(61)50(72-13)36(7)51(65)57-37(8)49(64)39-23-17-16-18-24-39)59(9)53(67)46(33(2)3)58-52(66)47(34(4)5)60(10)55(69)74-40-25-20-19-22-38(27-28-40)32-56-41(54(68)73-14)30-45(63)71-12/h16-17,20,23,25,33-38,40-43,46-50,56,64H,15,18-19,21-22,24,26-32H2,1-14H3,(H,57,65)(H,58,66)/b25-20+/t35-,36+,37?,38?,40-,41-,42-,43?,46-,47?,48?,49?,50+/m0/s1. The lowest BCUT2D eigenvalue weighted by atomic mass is 9.89. The number of allylic oxidation sites excluding steroid dienone is 4. The highest BCUT2D eigenvalue weighted by Gasteiger charge is 2.44. The number of ether oxygens (including phenoxy) is 5. The highest BCUT2D eigenvalue weighted by molar-refractivity contribution is 5.92. The van der Waals surface area contributed by atoms with E-state index in [1.165, 1.54) is 40.4 Å². The molecule has 420 valence electrons. The predicted octanol–water partition coefficient (Wildman–Crippen LogP) is 5.09. The fraction of sp³-hybridized carbons (Fsp3) is 0.764. The minimum absolute atomic E-state index is 0.0505. The van der Waals surface area contributed by atoms with Crippen molar-refractivity contribution in [1.82, 2.24) is 30.7 Å². The Morgan fingerprint density at radius 2 is 1.51 bits per heavy atom. The summed E-state index contributed by atoms with van der Waals surface area (Å²) in [5.74, 6) is -3.89. The minimum atomic E-state index is -0.999. The Bertz CT molecular complexity index is 1940. The van der Waals surface area contributed by atoms with E-state index in [-0.39, 0.29) is 54.2 Å². The van der Waals surface area contributed by atoms with Gasteiger partial charge in [0, 0.05) is 34.9 Å². The van der Waals surface area contributed by atoms with Gasteiger partial charge < -0.3 is 54.5 Å². The number of carbonyl (C=O) groups excluding carboxylic acids is 7. The molecule has 5 amide bonds. The lowest BCUT2D eigenvalue weighted by molar-refractivity contribution is -0.149. The summed E-state index contributed by atoms with van der Waals surface area (Å²) in [4.78, 5) is 99.9. The molecule has 13 atom stereocenters. The first-order valence-electron chi connectivity index (χ1n) is 26.8. The average molecular weight is 1050 g/mol. The second kappa shape index (κ2) is 31.3. The lowest BCUT2D eigenvalue weighted by Crippen LogP contribution is -2.60. The van der Waals surface area contributed by atoms with Crippen LogP contribution in [0.2, 0.25) is 0 Å². The zero-order chi connectivity index (χ0) is 55.4. The number of nitrogens with one attached hydrogen (secondary N) is 3. The third-order valence-electron chi connectivity index (χ3n) is 15.3. The monoisotopic (exact) mass is 1040 g/mol. The quantitative estimate of drug-likeness (QED) is 0.0477. The molecule has 0 saturated carbocycles. The number of nitrogens with zero attached hydrogens (tertiary/aromatic N) is 3. The number of hydrogen-bond donors (Lipinski definition) is 4. The van der Waals surface area contributed by atoms with Crippen molar-refractivity contribution in [2.75, 3.05) is 55.6 Å². The number of rotatable bonds is 27. The van der Waals surface area contributed by atoms with E-state index in [1.807, 2.05) is 71.9 Å². The molecule has 1 heterocycles. The van der Waals surface area contributed by atoms with E-state index in [9.17, 15) is 38.7 Å². The second-order valence-electron chi connectivity index (χ2n) is 21.2. The van der Waals surface area contributed by atoms with Gasteiger partial charge in [0.15, 0.2) is 0 Å². The van der Waals surface area contributed by atoms with E-state index in [0.29, 0.717) is 51.6 Å². The van der Waals surface area contributed by atoms with Crippen LogP contribution in [-0.4, -0.2) is 178 Å². The molecule has 1 saturated heterocycles. The van der Waals surface area contributed by atoms with Gasteiger partial charge in [-0.05, 0) is 100 Å². The average Bonchev–Trinajstić information content (AvgIpc) is 3.86. The van der Waals surface area contributed by atoms with Gasteiger partial charge >= 0.3 is 18.0 Å². The van der Waals surface area contributed by atoms with E-state index in [1.54, 1.807) is 30.7 Å². The van der Waals surface area contributed by atoms with Crippen molar-refractivity contribution in [3.05, 3.63) is 36.0 Å². The van der Waals surface area contributed by atoms with E-state index in [0.717, 1.165) is 24.8 Å². The Morgan fingerprint density at radius 3 is 2.09 bits per heavy atom. The Morgan fingerprint density at radius 1 is 0.811 bits per heavy atom. The van der Waals surface area contributed by atoms with Crippen LogP contribution in [0.5, 0.6) is 0 Å². The molecule has 2 aliphatic carbocycles. The first kappa shape index (κ1) is 63.4. The zero-order valence-corrected chi connectivity index (χ0v) is 46.9. The number of aliphatic hydroxyl groups is 1. The van der Waals surface area contributed by atoms with Gasteiger partial charge in [-0.2, -0.15) is 0 Å². The summed E-state index contributed by atoms with van der Waals surface area (Å²) in [6.07, 6.45) is 12.1. The Balaban J connectivity index is 1.72. The SMILES string of the molecule is CC[C@H](C)C(C(CC(=O)N1CCC[C@H]1[C@H](OC)[C@@H](C)C(=O)NC(C)C(O)C1=CC=CCC1)OC)N(C)C(=O)[C@@H](NC(=O)C(C(C)C)N(C)C(=O)O[C@H]1/C=C/CCC(CN[C@@H](CC(=O)OC)C(=O)OC)CC1)C(C)C. The van der Waals surface area contributed by atoms with Gasteiger partial charge in [-0.1, -0.05) is 79.2 Å². The van der Waals surface area contributed by atoms with E-state index >= 15 is 0 Å². The maximum Gasteiger partial charge on any atom is 0.410 e. The number of carbonyl (C=O) groups is 7. The van der Waals surface area contributed by atoms with Crippen LogP contribution < -0.4 is 16.0 Å². The van der Waals surface area contributed by atoms with Crippen molar-refractivity contribution in [3.63, 3.8) is 0 Å². The predicted molar refractivity (Wildman–Crippen MR) is 281 cm³/mol. The van der Waals surface area contributed by atoms with Crippen LogP contribution in [0.25, 0.3) is 0 Å². The summed E-state index contributed by atoms with van der Waals surface area (Å²) in [7, 11) is 8.76. The zero-order valence-electron chi connectivity index (χ0n) is 46.9. The fourth-order valence-corrected chi connectivity index (χ4v) is 10.6. The fourth-order valence-electron chi connectivity index (χ4n) is 10.6. The molecule has 74 heavy (non-hydrogen) atoms. The van der Waals surface area contributed by atoms with E-state index in [4.69, 9.17) is 23.7 Å². The molecular formula is C55H92N6O13. The lowest BCUT2D eigenvalue weighted by Gasteiger charge is -2.41. The molecule has 0 spiro atoms. The second-order valence-corrected chi connectivity index (χ2v) is 21.2. The van der Waals surface area contributed by atoms with Crippen molar-refractivity contribution in [3.8, 4) is 0 Å². The van der Waals surface area contributed by atoms with Crippen LogP contribution in [0, 0.1) is 29.6 Å². The Labute approximate surface area is 441 Å². The summed E-state index contributed by atoms with van der Waals surface area (Å²) < 4.78 is 27.6. The number of likely N-dealkylation sites (N-methyl/N-ethyl adjacent to an activating group) is 2. The van der Waals surface area contributed by atoms with Gasteiger partial charge in [0.25, 0.3) is 0 Å². The molecule has 0 aromatic carbocycles. The molecule has 19 nitrogen and oxygen atoms in total. The van der Waals surface area contributed by atoms with Crippen LogP contribution in [0.4, 0.5) is 4.79 Å². The number of likely N-dealkylation sites (tertiary alicyclic amines) is 1. The molecule has 4 N–H and O–H groups in total. The first-order valence-corrected chi connectivity index (χ1v) is 26.8. The largest absolute Gasteiger partial charge is 0.469 e. The minimum Gasteiger partial charge on any atom is -0.469 e. The number of aliphatic hydroxyl groups excluding tert-OH is 1. The van der Waals surface area contributed by atoms with Crippen LogP contribution in [0.3, 0.4) is 0 Å². The van der Waals surface area contributed by atoms with Gasteiger partial charge in [0.1, 0.15) is 24.2 Å². The Kier molecular flexibility index (Phi) is 26.8. The van der Waals surface area contributed by atoms with E-state index < -0.39 is 90.5 Å². The van der Waals surface area contributed by atoms with Gasteiger partial charge in [0.05, 0.1) is 69.4 Å². The molecule has 0 bridgehead atoms. The topological polar surface area (TPSA) is 232 Å². The third-order valence-corrected chi connectivity index (χ3v) is 15.3. The number of hydrogen-bond acceptors (Lipinski definition) is 14. The maximum absolute atomic E-state index is 14.7. The Hall–Kier alpha value is -4.85. The molecule has 0 aromatic heterocycles. The molecule has 6 unspecified atom stereocenters. The summed E-state index contributed by atoms with van der Waals surface area (Å²) in [6, 6.07) is -4.36. The van der Waals surface area contributed by atoms with Crippen LogP contribution >= 0.6 is 0 Å². The highest BCUT2D eigenvalue weighted by atomic mass is 16.6. The molecule has 3 rings (SSSR count). The number of esters is 2. The van der Waals surface area contributed by atoms with Crippen molar-refractivity contribution in [2.45, 2.75) is 187 Å². The van der Waals surface area contributed by atoms with Crippen molar-refractivity contribution >= 4 is 41.7 Å². The van der Waals surface area contributed by atoms with Crippen LogP contribution in [0.1, 0.15) is 126 Å². The third kappa shape index (κ3) is 17.9. The van der Waals surface area contributed by atoms with Gasteiger partial charge in [-0.3, -0.25) is 33.7 Å². The summed E-state index contributed by atoms with van der Waals surface area (Å²) in [5, 5.41) is 20.1. The van der Waals surface area contributed by atoms with Gasteiger partial charge in [0.2, 0.25) is 23.6 Å². The van der Waals surface area contributed by atoms with Gasteiger partial charge in [-0.15, -0.1) is 0 Å². The first-order chi connectivity index (χ1) is 35.1.